The van der Waals surface area contributed by atoms with Crippen LogP contribution in [0.1, 0.15) is 41.1 Å². The molecular formula is C20H25NO3S. The maximum atomic E-state index is 12.4. The van der Waals surface area contributed by atoms with E-state index in [0.717, 1.165) is 29.9 Å². The van der Waals surface area contributed by atoms with Crippen molar-refractivity contribution >= 4 is 17.2 Å². The molecule has 2 aromatic rings. The van der Waals surface area contributed by atoms with E-state index in [2.05, 4.69) is 17.4 Å². The highest BCUT2D eigenvalue weighted by molar-refractivity contribution is 7.17. The quantitative estimate of drug-likeness (QED) is 0.758. The molecule has 5 heteroatoms. The molecule has 1 heterocycles. The second-order valence-corrected chi connectivity index (χ2v) is 7.57. The maximum Gasteiger partial charge on any atom is 0.261 e. The molecule has 134 valence electrons. The van der Waals surface area contributed by atoms with Crippen LogP contribution in [0.4, 0.5) is 0 Å². The predicted octanol–water partition coefficient (Wildman–Crippen LogP) is 4.07. The number of rotatable bonds is 7. The molecule has 1 N–H and O–H groups in total. The van der Waals surface area contributed by atoms with Gasteiger partial charge in [-0.05, 0) is 68.0 Å². The van der Waals surface area contributed by atoms with Crippen molar-refractivity contribution in [2.24, 2.45) is 0 Å². The lowest BCUT2D eigenvalue weighted by molar-refractivity contribution is 0.0757. The Balaban J connectivity index is 1.68. The number of fused-ring (bicyclic) bond motifs is 3. The molecule has 0 unspecified atom stereocenters. The summed E-state index contributed by atoms with van der Waals surface area (Å²) in [4.78, 5) is 14.4. The van der Waals surface area contributed by atoms with E-state index in [0.29, 0.717) is 13.2 Å². The summed E-state index contributed by atoms with van der Waals surface area (Å²) in [6, 6.07) is 8.26. The molecule has 0 spiro atoms. The van der Waals surface area contributed by atoms with E-state index in [-0.39, 0.29) is 12.0 Å². The molecule has 1 aliphatic carbocycles. The number of hydrogen-bond acceptors (Lipinski definition) is 4. The monoisotopic (exact) mass is 359 g/mol. The summed E-state index contributed by atoms with van der Waals surface area (Å²) in [5.41, 5.74) is 3.79. The zero-order chi connectivity index (χ0) is 17.8. The van der Waals surface area contributed by atoms with Crippen LogP contribution in [0.5, 0.6) is 5.75 Å². The summed E-state index contributed by atoms with van der Waals surface area (Å²) in [7, 11) is 1.68. The number of aryl methyl sites for hydroxylation is 2. The highest BCUT2D eigenvalue weighted by Crippen LogP contribution is 2.41. The first-order chi connectivity index (χ1) is 12.1. The van der Waals surface area contributed by atoms with Crippen LogP contribution in [-0.2, 0) is 17.6 Å². The Bertz CT molecular complexity index is 751. The van der Waals surface area contributed by atoms with Gasteiger partial charge in [-0.25, -0.2) is 0 Å². The molecule has 1 aromatic heterocycles. The summed E-state index contributed by atoms with van der Waals surface area (Å²) in [5.74, 6) is 0.865. The van der Waals surface area contributed by atoms with E-state index < -0.39 is 0 Å². The number of thiophene rings is 1. The van der Waals surface area contributed by atoms with Crippen LogP contribution in [0.2, 0.25) is 0 Å². The van der Waals surface area contributed by atoms with E-state index in [4.69, 9.17) is 9.47 Å². The number of amides is 1. The summed E-state index contributed by atoms with van der Waals surface area (Å²) in [6.07, 6.45) is 3.06. The third-order valence-corrected chi connectivity index (χ3v) is 5.53. The number of methoxy groups -OCH3 is 1. The van der Waals surface area contributed by atoms with Gasteiger partial charge in [0, 0.05) is 18.0 Å². The number of benzene rings is 1. The summed E-state index contributed by atoms with van der Waals surface area (Å²) >= 11 is 1.58. The molecule has 0 bridgehead atoms. The van der Waals surface area contributed by atoms with Gasteiger partial charge in [-0.2, -0.15) is 0 Å². The fourth-order valence-corrected chi connectivity index (χ4v) is 4.19. The number of nitrogens with one attached hydrogen (secondary N) is 1. The molecule has 0 aliphatic heterocycles. The molecule has 4 nitrogen and oxygen atoms in total. The first-order valence-corrected chi connectivity index (χ1v) is 9.60. The Hall–Kier alpha value is -1.85. The van der Waals surface area contributed by atoms with Crippen LogP contribution < -0.4 is 10.1 Å². The van der Waals surface area contributed by atoms with Gasteiger partial charge in [0.1, 0.15) is 5.75 Å². The maximum absolute atomic E-state index is 12.4. The molecule has 0 saturated carbocycles. The molecule has 0 fully saturated rings. The van der Waals surface area contributed by atoms with Crippen LogP contribution in [0.15, 0.2) is 24.3 Å². The summed E-state index contributed by atoms with van der Waals surface area (Å²) in [5, 5.41) is 3.00. The Morgan fingerprint density at radius 1 is 1.24 bits per heavy atom. The fourth-order valence-electron chi connectivity index (χ4n) is 3.02. The zero-order valence-corrected chi connectivity index (χ0v) is 15.9. The molecule has 1 amide bonds. The SMILES string of the molecule is COc1ccc2c(c1)-c1sc(C(=O)NCCCOC(C)C)cc1CC2. The Morgan fingerprint density at radius 2 is 2.04 bits per heavy atom. The van der Waals surface area contributed by atoms with Gasteiger partial charge < -0.3 is 14.8 Å². The largest absolute Gasteiger partial charge is 0.497 e. The van der Waals surface area contributed by atoms with Crippen LogP contribution >= 0.6 is 11.3 Å². The molecule has 25 heavy (non-hydrogen) atoms. The number of carbonyl (C=O) groups excluding carboxylic acids is 1. The Labute approximate surface area is 153 Å². The van der Waals surface area contributed by atoms with Crippen LogP contribution in [-0.4, -0.2) is 32.3 Å². The molecule has 0 radical (unpaired) electrons. The molecule has 1 aliphatic rings. The predicted molar refractivity (Wildman–Crippen MR) is 102 cm³/mol. The van der Waals surface area contributed by atoms with Gasteiger partial charge in [0.15, 0.2) is 0 Å². The van der Waals surface area contributed by atoms with Gasteiger partial charge >= 0.3 is 0 Å². The van der Waals surface area contributed by atoms with E-state index in [1.165, 1.54) is 21.6 Å². The molecule has 0 atom stereocenters. The highest BCUT2D eigenvalue weighted by atomic mass is 32.1. The summed E-state index contributed by atoms with van der Waals surface area (Å²) in [6.45, 7) is 5.34. The standard InChI is InChI=1S/C20H25NO3S/c1-13(2)24-10-4-9-21-20(22)18-11-15-6-5-14-7-8-16(23-3)12-17(14)19(15)25-18/h7-8,11-13H,4-6,9-10H2,1-3H3,(H,21,22). The van der Waals surface area contributed by atoms with Crippen molar-refractivity contribution in [1.82, 2.24) is 5.32 Å². The van der Waals surface area contributed by atoms with Gasteiger partial charge in [0.2, 0.25) is 0 Å². The third kappa shape index (κ3) is 4.22. The minimum absolute atomic E-state index is 0.00777. The first kappa shape index (κ1) is 18.0. The van der Waals surface area contributed by atoms with E-state index in [1.54, 1.807) is 18.4 Å². The van der Waals surface area contributed by atoms with E-state index in [1.807, 2.05) is 26.0 Å². The zero-order valence-electron chi connectivity index (χ0n) is 15.1. The minimum Gasteiger partial charge on any atom is -0.497 e. The average Bonchev–Trinajstić information content (AvgIpc) is 3.05. The molecule has 1 aromatic carbocycles. The van der Waals surface area contributed by atoms with Crippen molar-refractivity contribution < 1.29 is 14.3 Å². The van der Waals surface area contributed by atoms with Crippen LogP contribution in [0.3, 0.4) is 0 Å². The van der Waals surface area contributed by atoms with E-state index in [9.17, 15) is 4.79 Å². The van der Waals surface area contributed by atoms with Gasteiger partial charge in [-0.3, -0.25) is 4.79 Å². The van der Waals surface area contributed by atoms with Gasteiger partial charge in [-0.15, -0.1) is 11.3 Å². The lowest BCUT2D eigenvalue weighted by atomic mass is 9.91. The molecule has 3 rings (SSSR count). The van der Waals surface area contributed by atoms with Crippen LogP contribution in [0, 0.1) is 0 Å². The van der Waals surface area contributed by atoms with Crippen molar-refractivity contribution in [3.05, 3.63) is 40.3 Å². The number of carbonyl (C=O) groups is 1. The van der Waals surface area contributed by atoms with E-state index >= 15 is 0 Å². The smallest absolute Gasteiger partial charge is 0.261 e. The number of ether oxygens (including phenoxy) is 2. The first-order valence-electron chi connectivity index (χ1n) is 8.78. The second-order valence-electron chi connectivity index (χ2n) is 6.52. The van der Waals surface area contributed by atoms with Gasteiger partial charge in [0.25, 0.3) is 5.91 Å². The lowest BCUT2D eigenvalue weighted by Crippen LogP contribution is -2.24. The average molecular weight is 359 g/mol. The highest BCUT2D eigenvalue weighted by Gasteiger charge is 2.22. The molecule has 0 saturated heterocycles. The van der Waals surface area contributed by atoms with Gasteiger partial charge in [0.05, 0.1) is 18.1 Å². The topological polar surface area (TPSA) is 47.6 Å². The lowest BCUT2D eigenvalue weighted by Gasteiger charge is -2.16. The Kier molecular flexibility index (Phi) is 5.76. The van der Waals surface area contributed by atoms with Crippen molar-refractivity contribution in [3.63, 3.8) is 0 Å². The third-order valence-electron chi connectivity index (χ3n) is 4.32. The Morgan fingerprint density at radius 3 is 2.80 bits per heavy atom. The summed E-state index contributed by atoms with van der Waals surface area (Å²) < 4.78 is 10.9. The van der Waals surface area contributed by atoms with Crippen molar-refractivity contribution in [2.75, 3.05) is 20.3 Å². The number of hydrogen-bond donors (Lipinski definition) is 1. The fraction of sp³-hybridized carbons (Fsp3) is 0.450. The van der Waals surface area contributed by atoms with Crippen molar-refractivity contribution in [2.45, 2.75) is 39.2 Å². The second kappa shape index (κ2) is 8.02. The van der Waals surface area contributed by atoms with Gasteiger partial charge in [-0.1, -0.05) is 6.07 Å². The normalized spacial score (nSPS) is 12.6. The van der Waals surface area contributed by atoms with Crippen molar-refractivity contribution in [1.29, 1.82) is 0 Å². The minimum atomic E-state index is 0.00777. The van der Waals surface area contributed by atoms with Crippen molar-refractivity contribution in [3.8, 4) is 16.2 Å². The van der Waals surface area contributed by atoms with Crippen LogP contribution in [0.25, 0.3) is 10.4 Å². The molecular weight excluding hydrogens is 334 g/mol.